The van der Waals surface area contributed by atoms with Gasteiger partial charge in [0, 0.05) is 81.4 Å². The Labute approximate surface area is 344 Å². The molecule has 17 heteroatoms. The van der Waals surface area contributed by atoms with E-state index in [1.165, 1.54) is 18.3 Å². The monoisotopic (exact) mass is 861 g/mol. The normalized spacial score (nSPS) is 15.6. The maximum absolute atomic E-state index is 14.7. The van der Waals surface area contributed by atoms with Gasteiger partial charge in [0.05, 0.1) is 28.9 Å². The number of halogens is 2. The highest BCUT2D eigenvalue weighted by Gasteiger charge is 2.29. The van der Waals surface area contributed by atoms with Gasteiger partial charge in [-0.15, -0.1) is 0 Å². The Hall–Kier alpha value is -5.26. The first-order valence-corrected chi connectivity index (χ1v) is 20.2. The largest absolute Gasteiger partial charge is 0.444 e. The highest BCUT2D eigenvalue weighted by Crippen LogP contribution is 2.25. The van der Waals surface area contributed by atoms with Crippen molar-refractivity contribution in [2.24, 2.45) is 5.92 Å². The number of nitrogens with zero attached hydrogens (tertiary/aromatic N) is 5. The van der Waals surface area contributed by atoms with Crippen molar-refractivity contribution in [3.63, 3.8) is 0 Å². The molecular formula is C41H49BrFN9O6. The third kappa shape index (κ3) is 11.4. The van der Waals surface area contributed by atoms with Crippen LogP contribution in [-0.2, 0) is 16.0 Å². The second kappa shape index (κ2) is 19.0. The average Bonchev–Trinajstić information content (AvgIpc) is 3.18. The lowest BCUT2D eigenvalue weighted by Crippen LogP contribution is -2.51. The number of ether oxygens (including phenoxy) is 1. The molecule has 4 heterocycles. The molecule has 4 amide bonds. The van der Waals surface area contributed by atoms with Gasteiger partial charge in [-0.25, -0.2) is 19.3 Å². The van der Waals surface area contributed by atoms with E-state index in [2.05, 4.69) is 56.9 Å². The van der Waals surface area contributed by atoms with Crippen molar-refractivity contribution in [2.45, 2.75) is 45.6 Å². The zero-order valence-corrected chi connectivity index (χ0v) is 34.5. The molecule has 2 saturated heterocycles. The molecule has 0 aliphatic carbocycles. The molecule has 0 saturated carbocycles. The number of piperidine rings is 1. The smallest absolute Gasteiger partial charge is 0.412 e. The molecule has 0 atom stereocenters. The van der Waals surface area contributed by atoms with Crippen LogP contribution in [-0.4, -0.2) is 125 Å². The molecule has 0 spiro atoms. The molecule has 0 unspecified atom stereocenters. The van der Waals surface area contributed by atoms with Gasteiger partial charge < -0.3 is 25.2 Å². The van der Waals surface area contributed by atoms with Crippen LogP contribution < -0.4 is 21.5 Å². The molecule has 0 bridgehead atoms. The van der Waals surface area contributed by atoms with E-state index in [9.17, 15) is 28.4 Å². The van der Waals surface area contributed by atoms with Gasteiger partial charge in [0.2, 0.25) is 5.91 Å². The first kappa shape index (κ1) is 42.3. The van der Waals surface area contributed by atoms with Gasteiger partial charge in [0.25, 0.3) is 17.4 Å². The summed E-state index contributed by atoms with van der Waals surface area (Å²) in [7, 11) is 0. The summed E-state index contributed by atoms with van der Waals surface area (Å²) in [5.74, 6) is -1.22. The fourth-order valence-electron chi connectivity index (χ4n) is 7.17. The van der Waals surface area contributed by atoms with E-state index in [-0.39, 0.29) is 60.4 Å². The van der Waals surface area contributed by atoms with Gasteiger partial charge in [-0.1, -0.05) is 24.3 Å². The van der Waals surface area contributed by atoms with Crippen LogP contribution in [0.2, 0.25) is 0 Å². The van der Waals surface area contributed by atoms with Gasteiger partial charge in [0.15, 0.2) is 5.69 Å². The van der Waals surface area contributed by atoms with Gasteiger partial charge >= 0.3 is 6.09 Å². The van der Waals surface area contributed by atoms with E-state index in [4.69, 9.17) is 4.74 Å². The Kier molecular flexibility index (Phi) is 13.9. The molecule has 0 radical (unpaired) electrons. The van der Waals surface area contributed by atoms with Crippen LogP contribution in [0.4, 0.5) is 14.9 Å². The number of anilines is 1. The molecule has 2 aromatic heterocycles. The molecule has 308 valence electrons. The highest BCUT2D eigenvalue weighted by atomic mass is 79.9. The molecule has 58 heavy (non-hydrogen) atoms. The number of fused-ring (bicyclic) bond motifs is 1. The second-order valence-corrected chi connectivity index (χ2v) is 16.5. The Balaban J connectivity index is 0.880. The number of pyridine rings is 1. The lowest BCUT2D eigenvalue weighted by molar-refractivity contribution is -0.122. The fraction of sp³-hybridized carbons (Fsp3) is 0.439. The fourth-order valence-corrected chi connectivity index (χ4v) is 7.50. The first-order valence-electron chi connectivity index (χ1n) is 19.4. The number of amides is 4. The maximum Gasteiger partial charge on any atom is 0.412 e. The maximum atomic E-state index is 14.7. The van der Waals surface area contributed by atoms with Crippen molar-refractivity contribution in [1.29, 1.82) is 0 Å². The third-order valence-electron chi connectivity index (χ3n) is 10.1. The molecule has 2 aromatic carbocycles. The summed E-state index contributed by atoms with van der Waals surface area (Å²) in [5.41, 5.74) is 0.615. The quantitative estimate of drug-likeness (QED) is 0.151. The van der Waals surface area contributed by atoms with E-state index in [1.54, 1.807) is 56.0 Å². The summed E-state index contributed by atoms with van der Waals surface area (Å²) < 4.78 is 20.7. The summed E-state index contributed by atoms with van der Waals surface area (Å²) in [4.78, 5) is 74.2. The molecular weight excluding hydrogens is 813 g/mol. The number of piperazine rings is 1. The average molecular weight is 863 g/mol. The van der Waals surface area contributed by atoms with Crippen molar-refractivity contribution >= 4 is 56.2 Å². The van der Waals surface area contributed by atoms with Crippen LogP contribution >= 0.6 is 15.9 Å². The molecule has 2 aliphatic heterocycles. The van der Waals surface area contributed by atoms with Gasteiger partial charge in [-0.2, -0.15) is 5.10 Å². The Morgan fingerprint density at radius 3 is 2.34 bits per heavy atom. The predicted octanol–water partition coefficient (Wildman–Crippen LogP) is 4.17. The van der Waals surface area contributed by atoms with E-state index in [0.29, 0.717) is 45.5 Å². The summed E-state index contributed by atoms with van der Waals surface area (Å²) in [6.45, 7) is 11.1. The van der Waals surface area contributed by atoms with Crippen LogP contribution in [0.1, 0.15) is 65.7 Å². The minimum Gasteiger partial charge on any atom is -0.444 e. The first-order chi connectivity index (χ1) is 27.7. The number of hydrogen-bond acceptors (Lipinski definition) is 10. The number of benzene rings is 2. The Morgan fingerprint density at radius 2 is 1.62 bits per heavy atom. The number of carbonyl (C=O) groups is 4. The van der Waals surface area contributed by atoms with Crippen LogP contribution in [0.5, 0.6) is 0 Å². The topological polar surface area (TPSA) is 182 Å². The van der Waals surface area contributed by atoms with Crippen LogP contribution in [0.3, 0.4) is 0 Å². The van der Waals surface area contributed by atoms with Crippen molar-refractivity contribution in [2.75, 3.05) is 70.8 Å². The van der Waals surface area contributed by atoms with Crippen LogP contribution in [0.15, 0.2) is 64.0 Å². The number of likely N-dealkylation sites (tertiary alicyclic amines) is 1. The summed E-state index contributed by atoms with van der Waals surface area (Å²) in [5, 5.41) is 16.0. The van der Waals surface area contributed by atoms with E-state index in [0.717, 1.165) is 45.6 Å². The van der Waals surface area contributed by atoms with Gasteiger partial charge in [-0.05, 0) is 85.3 Å². The summed E-state index contributed by atoms with van der Waals surface area (Å²) >= 11 is 3.37. The Bertz CT molecular complexity index is 2200. The summed E-state index contributed by atoms with van der Waals surface area (Å²) in [6.07, 6.45) is 2.86. The molecule has 2 fully saturated rings. The number of aromatic amines is 1. The minimum atomic E-state index is -0.689. The number of aromatic nitrogens is 3. The van der Waals surface area contributed by atoms with E-state index in [1.807, 2.05) is 6.07 Å². The van der Waals surface area contributed by atoms with Crippen molar-refractivity contribution in [3.8, 4) is 0 Å². The zero-order valence-electron chi connectivity index (χ0n) is 32.9. The minimum absolute atomic E-state index is 0.115. The SMILES string of the molecule is CC(C)(C)OC(=O)Nc1cc(Br)cnc1C(=O)N1CCC(CN2CCN(CC(=O)NCCNC(=O)c3cc(Cc4n[nH]c(=O)c5ccccc45)ccc3F)CC2)CC1. The predicted molar refractivity (Wildman–Crippen MR) is 220 cm³/mol. The standard InChI is InChI=1S/C41H49BrFN9O6/c1-41(2,3)58-40(57)47-34-22-28(42)23-46-36(34)39(56)52-14-10-26(11-15-52)24-50-16-18-51(19-17-50)25-35(53)44-12-13-45-37(54)31-20-27(8-9-32(31)43)21-33-29-6-4-5-7-30(29)38(55)49-48-33/h4-9,20,22-23,26H,10-19,21,24-25H2,1-3H3,(H,44,53)(H,45,54)(H,47,57)(H,49,55). The van der Waals surface area contributed by atoms with E-state index >= 15 is 0 Å². The number of hydrogen-bond donors (Lipinski definition) is 4. The Morgan fingerprint density at radius 1 is 0.931 bits per heavy atom. The molecule has 4 N–H and O–H groups in total. The molecule has 2 aliphatic rings. The lowest BCUT2D eigenvalue weighted by Gasteiger charge is -2.38. The molecule has 4 aromatic rings. The molecule has 15 nitrogen and oxygen atoms in total. The van der Waals surface area contributed by atoms with Gasteiger partial charge in [0.1, 0.15) is 11.4 Å². The highest BCUT2D eigenvalue weighted by molar-refractivity contribution is 9.10. The van der Waals surface area contributed by atoms with Crippen molar-refractivity contribution in [1.82, 2.24) is 40.5 Å². The number of nitrogens with one attached hydrogen (secondary N) is 4. The zero-order chi connectivity index (χ0) is 41.4. The van der Waals surface area contributed by atoms with E-state index < -0.39 is 23.4 Å². The third-order valence-corrected chi connectivity index (χ3v) is 10.5. The molecule has 6 rings (SSSR count). The number of H-pyrrole nitrogens is 1. The van der Waals surface area contributed by atoms with Crippen LogP contribution in [0, 0.1) is 11.7 Å². The summed E-state index contributed by atoms with van der Waals surface area (Å²) in [6, 6.07) is 13.0. The second-order valence-electron chi connectivity index (χ2n) is 15.6. The number of rotatable bonds is 12. The van der Waals surface area contributed by atoms with Gasteiger partial charge in [-0.3, -0.25) is 29.4 Å². The van der Waals surface area contributed by atoms with Crippen molar-refractivity contribution in [3.05, 3.63) is 97.9 Å². The van der Waals surface area contributed by atoms with Crippen molar-refractivity contribution < 1.29 is 28.3 Å². The number of carbonyl (C=O) groups excluding carboxylic acids is 4. The van der Waals surface area contributed by atoms with Crippen LogP contribution in [0.25, 0.3) is 10.8 Å². The lowest BCUT2D eigenvalue weighted by atomic mass is 9.95.